The molecule has 0 saturated heterocycles. The molecule has 2 aromatic rings. The molecule has 156 valence electrons. The van der Waals surface area contributed by atoms with E-state index in [-0.39, 0.29) is 11.8 Å². The molecule has 0 unspecified atom stereocenters. The van der Waals surface area contributed by atoms with Crippen molar-refractivity contribution in [2.75, 3.05) is 6.54 Å². The van der Waals surface area contributed by atoms with Gasteiger partial charge in [0.15, 0.2) is 0 Å². The highest BCUT2D eigenvalue weighted by Crippen LogP contribution is 2.24. The van der Waals surface area contributed by atoms with Crippen LogP contribution in [0.4, 0.5) is 0 Å². The predicted molar refractivity (Wildman–Crippen MR) is 119 cm³/mol. The van der Waals surface area contributed by atoms with Crippen LogP contribution in [0.15, 0.2) is 48.5 Å². The average Bonchev–Trinajstić information content (AvgIpc) is 2.73. The Labute approximate surface area is 183 Å². The molecule has 0 fully saturated rings. The third-order valence-electron chi connectivity index (χ3n) is 4.74. The summed E-state index contributed by atoms with van der Waals surface area (Å²) in [5.74, 6) is -0.216. The van der Waals surface area contributed by atoms with Gasteiger partial charge in [0.05, 0.1) is 10.0 Å². The van der Waals surface area contributed by atoms with Crippen LogP contribution in [0.2, 0.25) is 10.0 Å². The maximum Gasteiger partial charge on any atom is 0.243 e. The fraction of sp³-hybridized carbons (Fsp3) is 0.391. The minimum absolute atomic E-state index is 0.0809. The Bertz CT molecular complexity index is 812. The quantitative estimate of drug-likeness (QED) is 0.518. The maximum atomic E-state index is 13.0. The second-order valence-corrected chi connectivity index (χ2v) is 7.79. The number of hydrogen-bond donors (Lipinski definition) is 1. The smallest absolute Gasteiger partial charge is 0.243 e. The number of benzene rings is 2. The summed E-state index contributed by atoms with van der Waals surface area (Å²) < 4.78 is 0. The molecule has 0 heterocycles. The zero-order chi connectivity index (χ0) is 21.2. The number of nitrogens with zero attached hydrogens (tertiary/aromatic N) is 1. The summed E-state index contributed by atoms with van der Waals surface area (Å²) in [6, 6.07) is 14.4. The topological polar surface area (TPSA) is 49.4 Å². The molecule has 0 bridgehead atoms. The lowest BCUT2D eigenvalue weighted by Crippen LogP contribution is -2.50. The number of rotatable bonds is 10. The van der Waals surface area contributed by atoms with Gasteiger partial charge in [-0.05, 0) is 29.7 Å². The van der Waals surface area contributed by atoms with Gasteiger partial charge in [-0.3, -0.25) is 9.59 Å². The molecule has 2 amide bonds. The van der Waals surface area contributed by atoms with E-state index in [2.05, 4.69) is 12.2 Å². The van der Waals surface area contributed by atoms with E-state index in [4.69, 9.17) is 23.2 Å². The van der Waals surface area contributed by atoms with Crippen LogP contribution in [-0.2, 0) is 22.6 Å². The molecule has 29 heavy (non-hydrogen) atoms. The van der Waals surface area contributed by atoms with Crippen molar-refractivity contribution in [1.29, 1.82) is 0 Å². The van der Waals surface area contributed by atoms with Crippen molar-refractivity contribution in [3.05, 3.63) is 69.7 Å². The normalized spacial score (nSPS) is 11.7. The van der Waals surface area contributed by atoms with Gasteiger partial charge in [-0.25, -0.2) is 0 Å². The first-order valence-electron chi connectivity index (χ1n) is 10.0. The van der Waals surface area contributed by atoms with E-state index in [1.165, 1.54) is 0 Å². The van der Waals surface area contributed by atoms with Crippen LogP contribution in [0.1, 0.15) is 44.2 Å². The summed E-state index contributed by atoms with van der Waals surface area (Å²) in [4.78, 5) is 27.5. The molecule has 6 heteroatoms. The van der Waals surface area contributed by atoms with Crippen molar-refractivity contribution < 1.29 is 9.59 Å². The Morgan fingerprint density at radius 1 is 1.00 bits per heavy atom. The van der Waals surface area contributed by atoms with Crippen LogP contribution in [-0.4, -0.2) is 29.3 Å². The Morgan fingerprint density at radius 3 is 2.34 bits per heavy atom. The zero-order valence-electron chi connectivity index (χ0n) is 17.0. The maximum absolute atomic E-state index is 13.0. The van der Waals surface area contributed by atoms with Gasteiger partial charge in [-0.15, -0.1) is 0 Å². The summed E-state index contributed by atoms with van der Waals surface area (Å²) in [7, 11) is 0. The van der Waals surface area contributed by atoms with Gasteiger partial charge in [-0.2, -0.15) is 0 Å². The summed E-state index contributed by atoms with van der Waals surface area (Å²) in [6.07, 6.45) is 2.66. The predicted octanol–water partition coefficient (Wildman–Crippen LogP) is 5.26. The van der Waals surface area contributed by atoms with E-state index in [1.807, 2.05) is 36.4 Å². The van der Waals surface area contributed by atoms with Gasteiger partial charge in [0.25, 0.3) is 0 Å². The van der Waals surface area contributed by atoms with E-state index < -0.39 is 6.04 Å². The number of unbranched alkanes of at least 4 members (excludes halogenated alkanes) is 1. The lowest BCUT2D eigenvalue weighted by atomic mass is 10.0. The first-order valence-corrected chi connectivity index (χ1v) is 10.8. The van der Waals surface area contributed by atoms with Crippen molar-refractivity contribution in [2.45, 2.75) is 52.1 Å². The molecule has 2 rings (SSSR count). The molecular weight excluding hydrogens is 407 g/mol. The van der Waals surface area contributed by atoms with Crippen molar-refractivity contribution >= 4 is 35.0 Å². The van der Waals surface area contributed by atoms with E-state index in [9.17, 15) is 9.59 Å². The van der Waals surface area contributed by atoms with E-state index in [0.717, 1.165) is 24.0 Å². The third kappa shape index (κ3) is 7.06. The van der Waals surface area contributed by atoms with Crippen LogP contribution >= 0.6 is 23.2 Å². The third-order valence-corrected chi connectivity index (χ3v) is 5.48. The molecule has 0 aliphatic rings. The Hall–Kier alpha value is -2.04. The van der Waals surface area contributed by atoms with Crippen LogP contribution < -0.4 is 5.32 Å². The number of carbonyl (C=O) groups excluding carboxylic acids is 2. The van der Waals surface area contributed by atoms with Gasteiger partial charge in [0.1, 0.15) is 6.04 Å². The zero-order valence-corrected chi connectivity index (χ0v) is 18.5. The lowest BCUT2D eigenvalue weighted by Gasteiger charge is -2.31. The van der Waals surface area contributed by atoms with Crippen molar-refractivity contribution in [1.82, 2.24) is 10.2 Å². The standard InChI is InChI=1S/C23H28Cl2N2O2/c1-3-5-13-26-23(29)21(15-17-9-7-6-8-10-17)27(22(28)4-2)16-18-11-12-19(24)20(25)14-18/h6-12,14,21H,3-5,13,15-16H2,1-2H3,(H,26,29)/t21-/m1/s1. The van der Waals surface area contributed by atoms with Crippen molar-refractivity contribution in [3.8, 4) is 0 Å². The van der Waals surface area contributed by atoms with Crippen molar-refractivity contribution in [3.63, 3.8) is 0 Å². The molecule has 1 N–H and O–H groups in total. The molecule has 0 aliphatic carbocycles. The fourth-order valence-corrected chi connectivity index (χ4v) is 3.42. The van der Waals surface area contributed by atoms with Crippen LogP contribution in [0.5, 0.6) is 0 Å². The fourth-order valence-electron chi connectivity index (χ4n) is 3.10. The lowest BCUT2D eigenvalue weighted by molar-refractivity contribution is -0.141. The summed E-state index contributed by atoms with van der Waals surface area (Å²) in [5.41, 5.74) is 1.84. The van der Waals surface area contributed by atoms with E-state index >= 15 is 0 Å². The van der Waals surface area contributed by atoms with Gasteiger partial charge in [0.2, 0.25) is 11.8 Å². The Morgan fingerprint density at radius 2 is 1.72 bits per heavy atom. The largest absolute Gasteiger partial charge is 0.354 e. The first-order chi connectivity index (χ1) is 14.0. The molecule has 0 spiro atoms. The highest BCUT2D eigenvalue weighted by molar-refractivity contribution is 6.42. The average molecular weight is 435 g/mol. The number of hydrogen-bond acceptors (Lipinski definition) is 2. The first kappa shape index (κ1) is 23.2. The number of nitrogens with one attached hydrogen (secondary N) is 1. The highest BCUT2D eigenvalue weighted by Gasteiger charge is 2.29. The molecule has 0 saturated carbocycles. The summed E-state index contributed by atoms with van der Waals surface area (Å²) in [5, 5.41) is 3.88. The molecule has 0 aromatic heterocycles. The van der Waals surface area contributed by atoms with E-state index in [0.29, 0.717) is 36.0 Å². The Balaban J connectivity index is 2.32. The summed E-state index contributed by atoms with van der Waals surface area (Å²) >= 11 is 12.2. The molecule has 0 aliphatic heterocycles. The van der Waals surface area contributed by atoms with Crippen LogP contribution in [0, 0.1) is 0 Å². The van der Waals surface area contributed by atoms with Crippen molar-refractivity contribution in [2.24, 2.45) is 0 Å². The van der Waals surface area contributed by atoms with Gasteiger partial charge < -0.3 is 10.2 Å². The van der Waals surface area contributed by atoms with Gasteiger partial charge in [0, 0.05) is 25.9 Å². The molecule has 0 radical (unpaired) electrons. The van der Waals surface area contributed by atoms with Gasteiger partial charge >= 0.3 is 0 Å². The van der Waals surface area contributed by atoms with E-state index in [1.54, 1.807) is 24.0 Å². The minimum atomic E-state index is -0.601. The van der Waals surface area contributed by atoms with Crippen LogP contribution in [0.3, 0.4) is 0 Å². The Kier molecular flexibility index (Phi) is 9.49. The number of halogens is 2. The summed E-state index contributed by atoms with van der Waals surface area (Å²) in [6.45, 7) is 4.77. The van der Waals surface area contributed by atoms with Gasteiger partial charge in [-0.1, -0.05) is 79.9 Å². The molecule has 1 atom stereocenters. The molecule has 2 aromatic carbocycles. The minimum Gasteiger partial charge on any atom is -0.354 e. The van der Waals surface area contributed by atoms with Crippen LogP contribution in [0.25, 0.3) is 0 Å². The highest BCUT2D eigenvalue weighted by atomic mass is 35.5. The second-order valence-electron chi connectivity index (χ2n) is 6.97. The number of amides is 2. The monoisotopic (exact) mass is 434 g/mol. The number of carbonyl (C=O) groups is 2. The molecular formula is C23H28Cl2N2O2. The molecule has 4 nitrogen and oxygen atoms in total. The SMILES string of the molecule is CCCCNC(=O)[C@@H](Cc1ccccc1)N(Cc1ccc(Cl)c(Cl)c1)C(=O)CC. The second kappa shape index (κ2) is 11.8.